The number of ether oxygens (including phenoxy) is 3. The van der Waals surface area contributed by atoms with E-state index in [1.165, 1.54) is 32.8 Å². The molecule has 1 N–H and O–H groups in total. The summed E-state index contributed by atoms with van der Waals surface area (Å²) in [5.74, 6) is 0.196. The van der Waals surface area contributed by atoms with E-state index in [-0.39, 0.29) is 30.0 Å². The lowest BCUT2D eigenvalue weighted by molar-refractivity contribution is -0.177. The maximum absolute atomic E-state index is 13.0. The minimum atomic E-state index is -0.579. The maximum Gasteiger partial charge on any atom is 0.337 e. The molecule has 0 spiro atoms. The highest BCUT2D eigenvalue weighted by atomic mass is 16.6. The molecule has 0 aromatic rings. The van der Waals surface area contributed by atoms with E-state index in [9.17, 15) is 9.59 Å². The summed E-state index contributed by atoms with van der Waals surface area (Å²) in [5.41, 5.74) is -0.535. The van der Waals surface area contributed by atoms with E-state index in [0.717, 1.165) is 32.1 Å². The van der Waals surface area contributed by atoms with Gasteiger partial charge in [-0.1, -0.05) is 12.8 Å². The summed E-state index contributed by atoms with van der Waals surface area (Å²) in [6.07, 6.45) is 8.41. The molecule has 1 heterocycles. The molecule has 0 radical (unpaired) electrons. The molecule has 0 aromatic heterocycles. The third kappa shape index (κ3) is 5.47. The molecule has 160 valence electrons. The Hall–Kier alpha value is -1.14. The van der Waals surface area contributed by atoms with E-state index in [2.05, 4.69) is 5.32 Å². The molecule has 3 aliphatic rings. The normalized spacial score (nSPS) is 34.4. The van der Waals surface area contributed by atoms with Crippen LogP contribution in [0.3, 0.4) is 0 Å². The fraction of sp³-hybridized carbons (Fsp3) is 0.909. The number of hydrogen-bond acceptors (Lipinski definition) is 6. The van der Waals surface area contributed by atoms with E-state index < -0.39 is 11.7 Å². The zero-order valence-corrected chi connectivity index (χ0v) is 17.9. The minimum absolute atomic E-state index is 0.0112. The van der Waals surface area contributed by atoms with Gasteiger partial charge in [0.25, 0.3) is 0 Å². The Morgan fingerprint density at radius 2 is 1.68 bits per heavy atom. The molecule has 4 atom stereocenters. The number of esters is 2. The zero-order chi connectivity index (χ0) is 20.3. The van der Waals surface area contributed by atoms with Gasteiger partial charge in [0.1, 0.15) is 5.60 Å². The van der Waals surface area contributed by atoms with Gasteiger partial charge in [0.05, 0.1) is 19.1 Å². The van der Waals surface area contributed by atoms with Crippen LogP contribution in [0.1, 0.15) is 78.6 Å². The highest BCUT2D eigenvalue weighted by Gasteiger charge is 2.44. The molecule has 3 fully saturated rings. The van der Waals surface area contributed by atoms with Crippen LogP contribution in [0.5, 0.6) is 0 Å². The Kier molecular flexibility index (Phi) is 7.02. The van der Waals surface area contributed by atoms with E-state index in [0.29, 0.717) is 12.0 Å². The van der Waals surface area contributed by atoms with Crippen molar-refractivity contribution in [3.63, 3.8) is 0 Å². The van der Waals surface area contributed by atoms with Crippen molar-refractivity contribution in [2.45, 2.75) is 108 Å². The Bertz CT molecular complexity index is 536. The van der Waals surface area contributed by atoms with Crippen molar-refractivity contribution in [1.82, 2.24) is 5.32 Å². The SMILES string of the molecule is COC(=O)C1CCC(OC(C(=O)OC(C)(C)C)[C@@H]2CC3CCCCC3N2)CC1. The second kappa shape index (κ2) is 9.12. The Balaban J connectivity index is 1.63. The molecule has 0 amide bonds. The Labute approximate surface area is 169 Å². The molecule has 2 aliphatic carbocycles. The lowest BCUT2D eigenvalue weighted by Gasteiger charge is -2.33. The molecule has 0 bridgehead atoms. The van der Waals surface area contributed by atoms with Crippen molar-refractivity contribution in [1.29, 1.82) is 0 Å². The van der Waals surface area contributed by atoms with Crippen molar-refractivity contribution in [2.75, 3.05) is 7.11 Å². The summed E-state index contributed by atoms with van der Waals surface area (Å²) in [7, 11) is 1.44. The number of methoxy groups -OCH3 is 1. The third-order valence-electron chi connectivity index (χ3n) is 6.45. The van der Waals surface area contributed by atoms with Crippen LogP contribution in [0.15, 0.2) is 0 Å². The van der Waals surface area contributed by atoms with Gasteiger partial charge in [-0.15, -0.1) is 0 Å². The van der Waals surface area contributed by atoms with E-state index >= 15 is 0 Å². The highest BCUT2D eigenvalue weighted by molar-refractivity contribution is 5.76. The van der Waals surface area contributed by atoms with Gasteiger partial charge in [-0.3, -0.25) is 4.79 Å². The Morgan fingerprint density at radius 3 is 2.29 bits per heavy atom. The molecule has 1 saturated heterocycles. The number of carbonyl (C=O) groups excluding carboxylic acids is 2. The summed E-state index contributed by atoms with van der Waals surface area (Å²) in [5, 5.41) is 3.69. The van der Waals surface area contributed by atoms with Crippen molar-refractivity contribution in [3.8, 4) is 0 Å². The molecule has 3 unspecified atom stereocenters. The standard InChI is InChI=1S/C22H37NO5/c1-22(2,3)28-21(25)19(18-13-15-7-5-6-8-17(15)23-18)27-16-11-9-14(10-12-16)20(24)26-4/h14-19,23H,5-13H2,1-4H3/t14?,15?,16?,17?,18-,19?/m0/s1. The van der Waals surface area contributed by atoms with Crippen molar-refractivity contribution in [3.05, 3.63) is 0 Å². The second-order valence-electron chi connectivity index (χ2n) is 9.75. The smallest absolute Gasteiger partial charge is 0.337 e. The molecular formula is C22H37NO5. The molecule has 2 saturated carbocycles. The number of carbonyl (C=O) groups is 2. The lowest BCUT2D eigenvalue weighted by atomic mass is 9.84. The predicted octanol–water partition coefficient (Wildman–Crippen LogP) is 3.37. The van der Waals surface area contributed by atoms with Crippen molar-refractivity contribution in [2.24, 2.45) is 11.8 Å². The van der Waals surface area contributed by atoms with Gasteiger partial charge < -0.3 is 19.5 Å². The summed E-state index contributed by atoms with van der Waals surface area (Å²) < 4.78 is 16.9. The lowest BCUT2D eigenvalue weighted by Crippen LogP contribution is -2.49. The zero-order valence-electron chi connectivity index (χ0n) is 17.9. The molecule has 6 heteroatoms. The van der Waals surface area contributed by atoms with Gasteiger partial charge in [0, 0.05) is 12.1 Å². The maximum atomic E-state index is 13.0. The van der Waals surface area contributed by atoms with Gasteiger partial charge in [-0.25, -0.2) is 4.79 Å². The second-order valence-corrected chi connectivity index (χ2v) is 9.75. The fourth-order valence-corrected chi connectivity index (χ4v) is 5.07. The largest absolute Gasteiger partial charge is 0.469 e. The van der Waals surface area contributed by atoms with Crippen LogP contribution in [0.4, 0.5) is 0 Å². The molecule has 6 nitrogen and oxygen atoms in total. The number of fused-ring (bicyclic) bond motifs is 1. The average molecular weight is 396 g/mol. The predicted molar refractivity (Wildman–Crippen MR) is 106 cm³/mol. The monoisotopic (exact) mass is 395 g/mol. The topological polar surface area (TPSA) is 73.9 Å². The van der Waals surface area contributed by atoms with Crippen LogP contribution in [-0.4, -0.2) is 48.9 Å². The third-order valence-corrected chi connectivity index (χ3v) is 6.45. The van der Waals surface area contributed by atoms with Crippen LogP contribution in [-0.2, 0) is 23.8 Å². The highest BCUT2D eigenvalue weighted by Crippen LogP contribution is 2.36. The van der Waals surface area contributed by atoms with Crippen LogP contribution in [0, 0.1) is 11.8 Å². The first-order valence-corrected chi connectivity index (χ1v) is 11.0. The van der Waals surface area contributed by atoms with E-state index in [1.807, 2.05) is 20.8 Å². The summed E-state index contributed by atoms with van der Waals surface area (Å²) in [4.78, 5) is 24.7. The van der Waals surface area contributed by atoms with Gasteiger partial charge in [0.2, 0.25) is 0 Å². The summed E-state index contributed by atoms with van der Waals surface area (Å²) in [6.45, 7) is 5.68. The first-order chi connectivity index (χ1) is 13.3. The van der Waals surface area contributed by atoms with Gasteiger partial charge in [0.15, 0.2) is 6.10 Å². The fourth-order valence-electron chi connectivity index (χ4n) is 5.07. The first-order valence-electron chi connectivity index (χ1n) is 11.0. The molecule has 28 heavy (non-hydrogen) atoms. The van der Waals surface area contributed by atoms with Gasteiger partial charge in [-0.05, 0) is 71.6 Å². The van der Waals surface area contributed by atoms with Crippen molar-refractivity contribution >= 4 is 11.9 Å². The van der Waals surface area contributed by atoms with E-state index in [1.54, 1.807) is 0 Å². The van der Waals surface area contributed by atoms with Crippen molar-refractivity contribution < 1.29 is 23.8 Å². The Morgan fingerprint density at radius 1 is 1.00 bits per heavy atom. The van der Waals surface area contributed by atoms with E-state index in [4.69, 9.17) is 14.2 Å². The summed E-state index contributed by atoms with van der Waals surface area (Å²) in [6, 6.07) is 0.517. The molecule has 1 aliphatic heterocycles. The minimum Gasteiger partial charge on any atom is -0.469 e. The van der Waals surface area contributed by atoms with Gasteiger partial charge in [-0.2, -0.15) is 0 Å². The van der Waals surface area contributed by atoms with Crippen LogP contribution >= 0.6 is 0 Å². The summed E-state index contributed by atoms with van der Waals surface area (Å²) >= 11 is 0. The van der Waals surface area contributed by atoms with Crippen LogP contribution in [0.2, 0.25) is 0 Å². The average Bonchev–Trinajstić information content (AvgIpc) is 3.08. The first kappa shape index (κ1) is 21.6. The van der Waals surface area contributed by atoms with Crippen LogP contribution < -0.4 is 5.32 Å². The number of nitrogens with one attached hydrogen (secondary N) is 1. The molecular weight excluding hydrogens is 358 g/mol. The number of hydrogen-bond donors (Lipinski definition) is 1. The molecule has 3 rings (SSSR count). The quantitative estimate of drug-likeness (QED) is 0.720. The number of rotatable bonds is 5. The van der Waals surface area contributed by atoms with Gasteiger partial charge >= 0.3 is 11.9 Å². The molecule has 0 aromatic carbocycles. The van der Waals surface area contributed by atoms with Crippen LogP contribution in [0.25, 0.3) is 0 Å².